The molecule has 0 aliphatic carbocycles. The summed E-state index contributed by atoms with van der Waals surface area (Å²) in [6.45, 7) is 8.37. The fraction of sp³-hybridized carbons (Fsp3) is 0.455. The van der Waals surface area contributed by atoms with E-state index in [9.17, 15) is 4.79 Å². The van der Waals surface area contributed by atoms with Crippen molar-refractivity contribution in [2.24, 2.45) is 0 Å². The van der Waals surface area contributed by atoms with Gasteiger partial charge in [0.15, 0.2) is 4.96 Å². The molecule has 1 aliphatic rings. The van der Waals surface area contributed by atoms with Crippen LogP contribution in [0.25, 0.3) is 16.2 Å². The molecule has 0 saturated carbocycles. The number of fused-ring (bicyclic) bond motifs is 1. The van der Waals surface area contributed by atoms with Crippen molar-refractivity contribution in [3.63, 3.8) is 0 Å². The highest BCUT2D eigenvalue weighted by Crippen LogP contribution is 2.28. The number of hydrogen-bond acceptors (Lipinski definition) is 6. The fourth-order valence-corrected chi connectivity index (χ4v) is 4.61. The Bertz CT molecular complexity index is 1030. The molecule has 1 saturated heterocycles. The van der Waals surface area contributed by atoms with Gasteiger partial charge in [0.1, 0.15) is 5.60 Å². The van der Waals surface area contributed by atoms with E-state index in [4.69, 9.17) is 15.5 Å². The highest BCUT2D eigenvalue weighted by atomic mass is 32.1. The van der Waals surface area contributed by atoms with Crippen LogP contribution in [0.1, 0.15) is 39.3 Å². The number of para-hydroxylation sites is 1. The van der Waals surface area contributed by atoms with Gasteiger partial charge in [-0.1, -0.05) is 18.2 Å². The zero-order chi connectivity index (χ0) is 21.3. The summed E-state index contributed by atoms with van der Waals surface area (Å²) in [6.07, 6.45) is 3.58. The van der Waals surface area contributed by atoms with Gasteiger partial charge in [-0.05, 0) is 39.7 Å². The molecule has 30 heavy (non-hydrogen) atoms. The van der Waals surface area contributed by atoms with E-state index in [2.05, 4.69) is 26.2 Å². The first-order valence-corrected chi connectivity index (χ1v) is 11.2. The van der Waals surface area contributed by atoms with Crippen LogP contribution < -0.4 is 11.1 Å². The number of ether oxygens (including phenoxy) is 1. The number of anilines is 1. The molecule has 0 unspecified atom stereocenters. The lowest BCUT2D eigenvalue weighted by atomic mass is 10.1. The first kappa shape index (κ1) is 20.7. The van der Waals surface area contributed by atoms with Crippen LogP contribution in [0.15, 0.2) is 35.8 Å². The third-order valence-electron chi connectivity index (χ3n) is 5.21. The number of carbonyl (C=O) groups excluding carboxylic acids is 1. The maximum atomic E-state index is 12.0. The molecule has 0 radical (unpaired) electrons. The summed E-state index contributed by atoms with van der Waals surface area (Å²) in [5.41, 5.74) is 9.48. The number of amides is 1. The summed E-state index contributed by atoms with van der Waals surface area (Å²) in [4.78, 5) is 20.1. The van der Waals surface area contributed by atoms with E-state index in [1.165, 1.54) is 5.69 Å². The molecule has 3 aromatic rings. The Labute approximate surface area is 180 Å². The molecule has 0 bridgehead atoms. The summed E-state index contributed by atoms with van der Waals surface area (Å²) >= 11 is 1.65. The molecule has 1 fully saturated rings. The average molecular weight is 428 g/mol. The van der Waals surface area contributed by atoms with Gasteiger partial charge in [0.25, 0.3) is 0 Å². The topological polar surface area (TPSA) is 84.9 Å². The van der Waals surface area contributed by atoms with Gasteiger partial charge in [0, 0.05) is 54.2 Å². The minimum absolute atomic E-state index is 0.166. The molecule has 3 N–H and O–H groups in total. The number of nitrogen functional groups attached to an aromatic ring is 1. The van der Waals surface area contributed by atoms with E-state index in [0.29, 0.717) is 0 Å². The van der Waals surface area contributed by atoms with Crippen LogP contribution >= 0.6 is 11.3 Å². The van der Waals surface area contributed by atoms with Crippen molar-refractivity contribution in [3.8, 4) is 11.3 Å². The van der Waals surface area contributed by atoms with Crippen molar-refractivity contribution in [1.82, 2.24) is 19.6 Å². The van der Waals surface area contributed by atoms with Gasteiger partial charge in [-0.25, -0.2) is 9.78 Å². The Morgan fingerprint density at radius 3 is 2.73 bits per heavy atom. The van der Waals surface area contributed by atoms with Gasteiger partial charge in [-0.15, -0.1) is 11.3 Å². The number of hydrogen-bond donors (Lipinski definition) is 2. The molecule has 0 atom stereocenters. The van der Waals surface area contributed by atoms with E-state index in [-0.39, 0.29) is 12.1 Å². The number of likely N-dealkylation sites (tertiary alicyclic amines) is 1. The molecule has 1 aromatic carbocycles. The van der Waals surface area contributed by atoms with E-state index in [1.807, 2.05) is 45.0 Å². The Morgan fingerprint density at radius 2 is 2.03 bits per heavy atom. The SMILES string of the molecule is CC(C)(C)OC(=O)NC1CCN(Cc2csc3nc(-c4ccccc4N)cn23)CC1. The van der Waals surface area contributed by atoms with Gasteiger partial charge < -0.3 is 15.8 Å². The van der Waals surface area contributed by atoms with Crippen molar-refractivity contribution in [2.45, 2.75) is 51.8 Å². The normalized spacial score (nSPS) is 16.1. The summed E-state index contributed by atoms with van der Waals surface area (Å²) in [6, 6.07) is 7.99. The Balaban J connectivity index is 1.37. The number of alkyl carbamates (subject to hydrolysis) is 1. The number of nitrogens with zero attached hydrogens (tertiary/aromatic N) is 3. The lowest BCUT2D eigenvalue weighted by molar-refractivity contribution is 0.0477. The molecule has 160 valence electrons. The first-order chi connectivity index (χ1) is 14.3. The monoisotopic (exact) mass is 427 g/mol. The van der Waals surface area contributed by atoms with Gasteiger partial charge in [-0.3, -0.25) is 9.30 Å². The van der Waals surface area contributed by atoms with Crippen LogP contribution in [0.2, 0.25) is 0 Å². The summed E-state index contributed by atoms with van der Waals surface area (Å²) < 4.78 is 7.53. The number of rotatable bonds is 4. The molecule has 8 heteroatoms. The number of piperidine rings is 1. The van der Waals surface area contributed by atoms with Crippen molar-refractivity contribution < 1.29 is 9.53 Å². The van der Waals surface area contributed by atoms with Gasteiger partial charge in [0.2, 0.25) is 0 Å². The third kappa shape index (κ3) is 4.76. The summed E-state index contributed by atoms with van der Waals surface area (Å²) in [5.74, 6) is 0. The van der Waals surface area contributed by atoms with E-state index in [0.717, 1.165) is 54.4 Å². The van der Waals surface area contributed by atoms with Crippen LogP contribution in [0.5, 0.6) is 0 Å². The molecule has 1 aliphatic heterocycles. The Morgan fingerprint density at radius 1 is 1.30 bits per heavy atom. The summed E-state index contributed by atoms with van der Waals surface area (Å²) in [7, 11) is 0. The number of aromatic nitrogens is 2. The molecule has 7 nitrogen and oxygen atoms in total. The predicted octanol–water partition coefficient (Wildman–Crippen LogP) is 4.13. The second-order valence-corrected chi connectivity index (χ2v) is 9.63. The molecule has 0 spiro atoms. The highest BCUT2D eigenvalue weighted by molar-refractivity contribution is 7.15. The number of benzene rings is 1. The Kier molecular flexibility index (Phi) is 5.71. The minimum Gasteiger partial charge on any atom is -0.444 e. The average Bonchev–Trinajstić information content (AvgIpc) is 3.24. The molecule has 1 amide bonds. The zero-order valence-corrected chi connectivity index (χ0v) is 18.5. The minimum atomic E-state index is -0.469. The lowest BCUT2D eigenvalue weighted by Crippen LogP contribution is -2.45. The van der Waals surface area contributed by atoms with Gasteiger partial charge in [-0.2, -0.15) is 0 Å². The Hall–Kier alpha value is -2.58. The lowest BCUT2D eigenvalue weighted by Gasteiger charge is -2.32. The molecular weight excluding hydrogens is 398 g/mol. The molecule has 2 aromatic heterocycles. The van der Waals surface area contributed by atoms with Crippen molar-refractivity contribution in [2.75, 3.05) is 18.8 Å². The fourth-order valence-electron chi connectivity index (χ4n) is 3.74. The maximum absolute atomic E-state index is 12.0. The molecular formula is C22H29N5O2S. The molecule has 4 rings (SSSR count). The van der Waals surface area contributed by atoms with Crippen LogP contribution in [-0.2, 0) is 11.3 Å². The van der Waals surface area contributed by atoms with Crippen molar-refractivity contribution in [3.05, 3.63) is 41.5 Å². The number of thiazole rings is 1. The standard InChI is InChI=1S/C22H29N5O2S/c1-22(2,3)29-21(28)24-15-8-10-26(11-9-15)12-16-14-30-20-25-19(13-27(16)20)17-6-4-5-7-18(17)23/h4-7,13-15H,8-12,23H2,1-3H3,(H,24,28). The first-order valence-electron chi connectivity index (χ1n) is 10.3. The predicted molar refractivity (Wildman–Crippen MR) is 121 cm³/mol. The van der Waals surface area contributed by atoms with Crippen LogP contribution in [0.4, 0.5) is 10.5 Å². The second-order valence-electron chi connectivity index (χ2n) is 8.79. The van der Waals surface area contributed by atoms with Gasteiger partial charge >= 0.3 is 6.09 Å². The number of nitrogens with two attached hydrogens (primary N) is 1. The maximum Gasteiger partial charge on any atom is 0.407 e. The van der Waals surface area contributed by atoms with Crippen LogP contribution in [0.3, 0.4) is 0 Å². The third-order valence-corrected chi connectivity index (χ3v) is 6.10. The van der Waals surface area contributed by atoms with Crippen molar-refractivity contribution >= 4 is 28.1 Å². The van der Waals surface area contributed by atoms with E-state index in [1.54, 1.807) is 11.3 Å². The van der Waals surface area contributed by atoms with Crippen molar-refractivity contribution in [1.29, 1.82) is 0 Å². The summed E-state index contributed by atoms with van der Waals surface area (Å²) in [5, 5.41) is 5.17. The smallest absolute Gasteiger partial charge is 0.407 e. The largest absolute Gasteiger partial charge is 0.444 e. The van der Waals surface area contributed by atoms with Crippen LogP contribution in [-0.4, -0.2) is 45.1 Å². The van der Waals surface area contributed by atoms with E-state index >= 15 is 0 Å². The van der Waals surface area contributed by atoms with Crippen LogP contribution in [0, 0.1) is 0 Å². The highest BCUT2D eigenvalue weighted by Gasteiger charge is 2.24. The zero-order valence-electron chi connectivity index (χ0n) is 17.7. The quantitative estimate of drug-likeness (QED) is 0.612. The number of imidazole rings is 1. The van der Waals surface area contributed by atoms with Gasteiger partial charge in [0.05, 0.1) is 5.69 Å². The number of carbonyl (C=O) groups is 1. The molecule has 3 heterocycles. The number of nitrogens with one attached hydrogen (secondary N) is 1. The van der Waals surface area contributed by atoms with E-state index < -0.39 is 5.60 Å². The second kappa shape index (κ2) is 8.28.